The first-order chi connectivity index (χ1) is 15.7. The van der Waals surface area contributed by atoms with Gasteiger partial charge >= 0.3 is 5.97 Å². The van der Waals surface area contributed by atoms with E-state index < -0.39 is 17.4 Å². The van der Waals surface area contributed by atoms with E-state index in [1.54, 1.807) is 13.0 Å². The summed E-state index contributed by atoms with van der Waals surface area (Å²) in [5, 5.41) is 12.1. The number of aryl methyl sites for hydroxylation is 1. The van der Waals surface area contributed by atoms with E-state index in [1.807, 2.05) is 6.92 Å². The van der Waals surface area contributed by atoms with Crippen molar-refractivity contribution >= 4 is 38.5 Å². The van der Waals surface area contributed by atoms with Crippen LogP contribution in [0, 0.1) is 12.7 Å². The molecule has 0 spiro atoms. The molecule has 0 unspecified atom stereocenters. The molecule has 0 fully saturated rings. The van der Waals surface area contributed by atoms with Crippen LogP contribution in [0.1, 0.15) is 35.6 Å². The second-order valence-corrected chi connectivity index (χ2v) is 8.99. The zero-order valence-corrected chi connectivity index (χ0v) is 19.6. The Labute approximate surface area is 196 Å². The second kappa shape index (κ2) is 7.53. The summed E-state index contributed by atoms with van der Waals surface area (Å²) < 4.78 is 26.9. The van der Waals surface area contributed by atoms with Gasteiger partial charge in [0, 0.05) is 27.9 Å². The van der Waals surface area contributed by atoms with Crippen LogP contribution in [0.3, 0.4) is 0 Å². The third-order valence-corrected chi connectivity index (χ3v) is 6.85. The lowest BCUT2D eigenvalue weighted by Crippen LogP contribution is -2.44. The third-order valence-electron chi connectivity index (χ3n) is 6.52. The maximum Gasteiger partial charge on any atom is 0.343 e. The Morgan fingerprint density at radius 1 is 1.36 bits per heavy atom. The lowest BCUT2D eigenvalue weighted by Gasteiger charge is -2.31. The van der Waals surface area contributed by atoms with E-state index in [9.17, 15) is 19.1 Å². The average Bonchev–Trinajstić information content (AvgIpc) is 3.16. The van der Waals surface area contributed by atoms with Crippen LogP contribution < -0.4 is 16.0 Å². The minimum Gasteiger partial charge on any atom is -0.487 e. The highest BCUT2D eigenvalue weighted by Gasteiger charge is 2.45. The lowest BCUT2D eigenvalue weighted by atomic mass is 9.86. The number of anilines is 1. The van der Waals surface area contributed by atoms with Crippen molar-refractivity contribution in [1.82, 2.24) is 9.55 Å². The molecule has 1 atom stereocenters. The van der Waals surface area contributed by atoms with Crippen molar-refractivity contribution in [3.63, 3.8) is 0 Å². The molecule has 0 amide bonds. The molecule has 2 aliphatic heterocycles. The number of aliphatic hydroxyl groups is 1. The first-order valence-corrected chi connectivity index (χ1v) is 11.6. The summed E-state index contributed by atoms with van der Waals surface area (Å²) >= 11 is 3.25. The van der Waals surface area contributed by atoms with E-state index >= 15 is 0 Å². The third kappa shape index (κ3) is 2.93. The molecule has 10 heteroatoms. The number of fused-ring (bicyclic) bond motifs is 5. The van der Waals surface area contributed by atoms with Crippen LogP contribution in [0.25, 0.3) is 22.3 Å². The molecule has 3 N–H and O–H groups in total. The monoisotopic (exact) mass is 517 g/mol. The summed E-state index contributed by atoms with van der Waals surface area (Å²) in [6, 6.07) is 2.89. The number of ether oxygens (including phenoxy) is 2. The van der Waals surface area contributed by atoms with Gasteiger partial charge in [-0.3, -0.25) is 4.79 Å². The predicted octanol–water partition coefficient (Wildman–Crippen LogP) is 2.88. The fraction of sp³-hybridized carbons (Fsp3) is 0.348. The molecule has 0 radical (unpaired) electrons. The van der Waals surface area contributed by atoms with Gasteiger partial charge in [-0.15, -0.1) is 0 Å². The number of nitrogens with zero attached hydrogens (tertiary/aromatic N) is 2. The Balaban J connectivity index is 1.77. The zero-order chi connectivity index (χ0) is 23.7. The van der Waals surface area contributed by atoms with Crippen molar-refractivity contribution in [2.75, 3.05) is 17.7 Å². The fourth-order valence-corrected chi connectivity index (χ4v) is 4.90. The first-order valence-electron chi connectivity index (χ1n) is 10.5. The molecule has 5 rings (SSSR count). The van der Waals surface area contributed by atoms with E-state index in [-0.39, 0.29) is 54.3 Å². The molecular weight excluding hydrogens is 497 g/mol. The number of benzene rings is 1. The van der Waals surface area contributed by atoms with Crippen molar-refractivity contribution in [1.29, 1.82) is 0 Å². The molecule has 2 aliphatic rings. The SMILES string of the molecule is CC[C@@]1(O)C(=O)OCc2c1cc1n(c2=O)Cc2c-1nc1cc(F)c(OCCBr)c(N)c1c2C. The van der Waals surface area contributed by atoms with Gasteiger partial charge in [0.25, 0.3) is 5.56 Å². The summed E-state index contributed by atoms with van der Waals surface area (Å²) in [4.78, 5) is 30.3. The van der Waals surface area contributed by atoms with Crippen LogP contribution in [0.2, 0.25) is 0 Å². The summed E-state index contributed by atoms with van der Waals surface area (Å²) in [5.74, 6) is -1.44. The number of rotatable bonds is 4. The fourth-order valence-electron chi connectivity index (χ4n) is 4.74. The van der Waals surface area contributed by atoms with Crippen LogP contribution >= 0.6 is 15.9 Å². The minimum atomic E-state index is -1.91. The van der Waals surface area contributed by atoms with Gasteiger partial charge in [-0.2, -0.15) is 0 Å². The van der Waals surface area contributed by atoms with E-state index in [1.165, 1.54) is 10.6 Å². The largest absolute Gasteiger partial charge is 0.487 e. The molecule has 2 aromatic heterocycles. The van der Waals surface area contributed by atoms with Crippen LogP contribution in [-0.4, -0.2) is 32.6 Å². The molecule has 3 aromatic rings. The predicted molar refractivity (Wildman–Crippen MR) is 123 cm³/mol. The van der Waals surface area contributed by atoms with Gasteiger partial charge in [0.15, 0.2) is 17.2 Å². The number of halogens is 2. The van der Waals surface area contributed by atoms with Gasteiger partial charge in [0.2, 0.25) is 0 Å². The Kier molecular flexibility index (Phi) is 4.98. The zero-order valence-electron chi connectivity index (χ0n) is 18.0. The number of hydrogen-bond donors (Lipinski definition) is 2. The number of esters is 1. The van der Waals surface area contributed by atoms with Crippen molar-refractivity contribution in [3.8, 4) is 17.1 Å². The molecule has 0 saturated heterocycles. The number of nitrogen functional groups attached to an aromatic ring is 1. The number of alkyl halides is 1. The Morgan fingerprint density at radius 3 is 2.82 bits per heavy atom. The van der Waals surface area contributed by atoms with Gasteiger partial charge in [0.05, 0.1) is 41.3 Å². The van der Waals surface area contributed by atoms with E-state index in [2.05, 4.69) is 20.9 Å². The standard InChI is InChI=1S/C23H21BrFN3O5/c1-3-23(31)13-6-16-19-11(8-28(16)21(29)12(13)9-33-22(23)30)10(2)17-15(27-19)7-14(25)20(18(17)26)32-5-4-24/h6-7,31H,3-5,8-9,26H2,1-2H3/t23-/m0/s1. The van der Waals surface area contributed by atoms with E-state index in [4.69, 9.17) is 15.2 Å². The van der Waals surface area contributed by atoms with Gasteiger partial charge in [-0.1, -0.05) is 22.9 Å². The number of pyridine rings is 2. The summed E-state index contributed by atoms with van der Waals surface area (Å²) in [7, 11) is 0. The van der Waals surface area contributed by atoms with E-state index in [0.29, 0.717) is 27.6 Å². The first kappa shape index (κ1) is 21.8. The topological polar surface area (TPSA) is 117 Å². The molecule has 33 heavy (non-hydrogen) atoms. The highest BCUT2D eigenvalue weighted by atomic mass is 79.9. The number of cyclic esters (lactones) is 1. The Hall–Kier alpha value is -2.98. The molecule has 0 aliphatic carbocycles. The normalized spacial score (nSPS) is 18.6. The summed E-state index contributed by atoms with van der Waals surface area (Å²) in [5.41, 5.74) is 7.45. The molecule has 172 valence electrons. The molecule has 8 nitrogen and oxygen atoms in total. The number of hydrogen-bond acceptors (Lipinski definition) is 7. The van der Waals surface area contributed by atoms with Gasteiger partial charge < -0.3 is 24.9 Å². The number of carbonyl (C=O) groups excluding carboxylic acids is 1. The maximum absolute atomic E-state index is 14.8. The number of aromatic nitrogens is 2. The Bertz CT molecular complexity index is 1420. The van der Waals surface area contributed by atoms with Crippen molar-refractivity contribution in [3.05, 3.63) is 50.6 Å². The highest BCUT2D eigenvalue weighted by molar-refractivity contribution is 9.09. The summed E-state index contributed by atoms with van der Waals surface area (Å²) in [6.45, 7) is 3.77. The van der Waals surface area contributed by atoms with Crippen molar-refractivity contribution < 1.29 is 23.8 Å². The quantitative estimate of drug-likeness (QED) is 0.243. The van der Waals surface area contributed by atoms with E-state index in [0.717, 1.165) is 11.1 Å². The number of carbonyl (C=O) groups is 1. The number of nitrogens with two attached hydrogens (primary N) is 1. The van der Waals surface area contributed by atoms with Gasteiger partial charge in [-0.05, 0) is 25.0 Å². The van der Waals surface area contributed by atoms with Gasteiger partial charge in [0.1, 0.15) is 6.61 Å². The lowest BCUT2D eigenvalue weighted by molar-refractivity contribution is -0.172. The Morgan fingerprint density at radius 2 is 2.12 bits per heavy atom. The molecule has 0 saturated carbocycles. The van der Waals surface area contributed by atoms with Crippen LogP contribution in [0.5, 0.6) is 5.75 Å². The highest BCUT2D eigenvalue weighted by Crippen LogP contribution is 2.42. The van der Waals surface area contributed by atoms with Crippen LogP contribution in [0.4, 0.5) is 10.1 Å². The molecular formula is C23H21BrFN3O5. The molecule has 4 heterocycles. The summed E-state index contributed by atoms with van der Waals surface area (Å²) in [6.07, 6.45) is 0.0533. The van der Waals surface area contributed by atoms with Crippen LogP contribution in [0.15, 0.2) is 16.9 Å². The maximum atomic E-state index is 14.8. The minimum absolute atomic E-state index is 0.0291. The molecule has 1 aromatic carbocycles. The average molecular weight is 518 g/mol. The van der Waals surface area contributed by atoms with Gasteiger partial charge in [-0.25, -0.2) is 14.2 Å². The van der Waals surface area contributed by atoms with Crippen molar-refractivity contribution in [2.45, 2.75) is 39.0 Å². The second-order valence-electron chi connectivity index (χ2n) is 8.20. The smallest absolute Gasteiger partial charge is 0.343 e. The van der Waals surface area contributed by atoms with Crippen molar-refractivity contribution in [2.24, 2.45) is 0 Å². The van der Waals surface area contributed by atoms with Crippen LogP contribution in [-0.2, 0) is 28.3 Å². The molecule has 0 bridgehead atoms.